The van der Waals surface area contributed by atoms with Crippen LogP contribution in [0.1, 0.15) is 0 Å². The fraction of sp³-hybridized carbons (Fsp3) is 0. The van der Waals surface area contributed by atoms with Crippen molar-refractivity contribution in [3.8, 4) is 27.9 Å². The third-order valence-corrected chi connectivity index (χ3v) is 11.0. The van der Waals surface area contributed by atoms with Gasteiger partial charge in [0.15, 0.2) is 0 Å². The molecule has 0 saturated carbocycles. The van der Waals surface area contributed by atoms with Gasteiger partial charge in [-0.15, -0.1) is 0 Å². The number of para-hydroxylation sites is 2. The standard InChI is InChI=1S/C52H34N2O/c1-2-10-35(11-3-1)36-18-24-41(25-19-36)53(44-30-31-52-48(34-44)46-15-7-9-17-51(46)55-52)42-26-20-37(21-27-42)38-22-28-43(29-23-38)54-49-16-8-6-14-45(49)47-32-39-12-4-5-13-40(39)33-50(47)54/h1-34H. The van der Waals surface area contributed by atoms with Crippen LogP contribution < -0.4 is 4.90 Å². The molecule has 258 valence electrons. The number of rotatable bonds is 6. The summed E-state index contributed by atoms with van der Waals surface area (Å²) in [5.41, 5.74) is 13.3. The molecule has 0 atom stereocenters. The third-order valence-electron chi connectivity index (χ3n) is 11.0. The van der Waals surface area contributed by atoms with Gasteiger partial charge >= 0.3 is 0 Å². The predicted octanol–water partition coefficient (Wildman–Crippen LogP) is 14.6. The van der Waals surface area contributed by atoms with Crippen LogP contribution in [0.5, 0.6) is 0 Å². The molecule has 2 heterocycles. The molecule has 0 spiro atoms. The van der Waals surface area contributed by atoms with Crippen LogP contribution in [0.4, 0.5) is 17.1 Å². The fourth-order valence-electron chi connectivity index (χ4n) is 8.27. The monoisotopic (exact) mass is 702 g/mol. The molecule has 0 aliphatic carbocycles. The van der Waals surface area contributed by atoms with Gasteiger partial charge in [-0.2, -0.15) is 0 Å². The zero-order chi connectivity index (χ0) is 36.3. The Morgan fingerprint density at radius 3 is 1.56 bits per heavy atom. The van der Waals surface area contributed by atoms with Gasteiger partial charge in [-0.25, -0.2) is 0 Å². The molecular formula is C52H34N2O. The molecule has 0 bridgehead atoms. The van der Waals surface area contributed by atoms with Crippen molar-refractivity contribution in [1.82, 2.24) is 4.57 Å². The van der Waals surface area contributed by atoms with E-state index in [1.807, 2.05) is 12.1 Å². The number of furan rings is 1. The zero-order valence-corrected chi connectivity index (χ0v) is 29.9. The molecule has 3 heteroatoms. The minimum absolute atomic E-state index is 0.886. The minimum atomic E-state index is 0.886. The average molecular weight is 703 g/mol. The Bertz CT molecular complexity index is 3170. The third kappa shape index (κ3) is 5.28. The Labute approximate surface area is 318 Å². The Kier molecular flexibility index (Phi) is 7.17. The van der Waals surface area contributed by atoms with Crippen LogP contribution >= 0.6 is 0 Å². The van der Waals surface area contributed by atoms with E-state index in [4.69, 9.17) is 4.42 Å². The first kappa shape index (κ1) is 31.2. The number of hydrogen-bond acceptors (Lipinski definition) is 2. The molecule has 3 nitrogen and oxygen atoms in total. The van der Waals surface area contributed by atoms with E-state index in [9.17, 15) is 0 Å². The van der Waals surface area contributed by atoms with Gasteiger partial charge in [0.2, 0.25) is 0 Å². The van der Waals surface area contributed by atoms with Gasteiger partial charge in [-0.1, -0.05) is 127 Å². The van der Waals surface area contributed by atoms with E-state index in [1.165, 1.54) is 54.8 Å². The highest BCUT2D eigenvalue weighted by Crippen LogP contribution is 2.40. The molecule has 11 aromatic rings. The summed E-state index contributed by atoms with van der Waals surface area (Å²) in [5.74, 6) is 0. The first-order valence-corrected chi connectivity index (χ1v) is 18.7. The summed E-state index contributed by atoms with van der Waals surface area (Å²) in [6.07, 6.45) is 0. The van der Waals surface area contributed by atoms with E-state index in [0.717, 1.165) is 44.7 Å². The Balaban J connectivity index is 0.973. The van der Waals surface area contributed by atoms with Gasteiger partial charge in [0.1, 0.15) is 11.2 Å². The molecule has 0 radical (unpaired) electrons. The van der Waals surface area contributed by atoms with Crippen molar-refractivity contribution in [3.63, 3.8) is 0 Å². The first-order valence-electron chi connectivity index (χ1n) is 18.7. The summed E-state index contributed by atoms with van der Waals surface area (Å²) in [5, 5.41) is 7.26. The summed E-state index contributed by atoms with van der Waals surface area (Å²) >= 11 is 0. The summed E-state index contributed by atoms with van der Waals surface area (Å²) in [6.45, 7) is 0. The summed E-state index contributed by atoms with van der Waals surface area (Å²) in [4.78, 5) is 2.33. The molecule has 0 amide bonds. The summed E-state index contributed by atoms with van der Waals surface area (Å²) in [6, 6.07) is 74.0. The number of aromatic nitrogens is 1. The van der Waals surface area contributed by atoms with E-state index in [-0.39, 0.29) is 0 Å². The van der Waals surface area contributed by atoms with Crippen molar-refractivity contribution in [2.45, 2.75) is 0 Å². The van der Waals surface area contributed by atoms with E-state index >= 15 is 0 Å². The van der Waals surface area contributed by atoms with Crippen molar-refractivity contribution < 1.29 is 4.42 Å². The van der Waals surface area contributed by atoms with E-state index in [0.29, 0.717) is 0 Å². The van der Waals surface area contributed by atoms with Crippen molar-refractivity contribution >= 4 is 71.6 Å². The molecule has 0 fully saturated rings. The highest BCUT2D eigenvalue weighted by Gasteiger charge is 2.17. The lowest BCUT2D eigenvalue weighted by molar-refractivity contribution is 0.669. The van der Waals surface area contributed by atoms with Crippen LogP contribution in [-0.4, -0.2) is 4.57 Å². The average Bonchev–Trinajstić information content (AvgIpc) is 3.79. The topological polar surface area (TPSA) is 21.3 Å². The molecular weight excluding hydrogens is 669 g/mol. The van der Waals surface area contributed by atoms with Crippen molar-refractivity contribution in [3.05, 3.63) is 206 Å². The molecule has 0 saturated heterocycles. The molecule has 0 N–H and O–H groups in total. The van der Waals surface area contributed by atoms with Crippen molar-refractivity contribution in [2.75, 3.05) is 4.90 Å². The second-order valence-electron chi connectivity index (χ2n) is 14.2. The minimum Gasteiger partial charge on any atom is -0.456 e. The Hall–Kier alpha value is -7.36. The first-order chi connectivity index (χ1) is 27.2. The fourth-order valence-corrected chi connectivity index (χ4v) is 8.27. The van der Waals surface area contributed by atoms with Gasteiger partial charge in [-0.3, -0.25) is 0 Å². The predicted molar refractivity (Wildman–Crippen MR) is 231 cm³/mol. The van der Waals surface area contributed by atoms with E-state index in [2.05, 4.69) is 204 Å². The lowest BCUT2D eigenvalue weighted by Gasteiger charge is -2.26. The van der Waals surface area contributed by atoms with Crippen molar-refractivity contribution in [1.29, 1.82) is 0 Å². The highest BCUT2D eigenvalue weighted by molar-refractivity contribution is 6.13. The number of hydrogen-bond donors (Lipinski definition) is 0. The second-order valence-corrected chi connectivity index (χ2v) is 14.2. The molecule has 0 unspecified atom stereocenters. The van der Waals surface area contributed by atoms with Crippen molar-refractivity contribution in [2.24, 2.45) is 0 Å². The van der Waals surface area contributed by atoms with Gasteiger partial charge in [0.05, 0.1) is 11.0 Å². The van der Waals surface area contributed by atoms with Crippen LogP contribution in [0.2, 0.25) is 0 Å². The SMILES string of the molecule is c1ccc(-c2ccc(N(c3ccc(-c4ccc(-n5c6ccccc6c6cc7ccccc7cc65)cc4)cc3)c3ccc4oc5ccccc5c4c3)cc2)cc1. The Morgan fingerprint density at radius 1 is 0.327 bits per heavy atom. The lowest BCUT2D eigenvalue weighted by atomic mass is 10.0. The summed E-state index contributed by atoms with van der Waals surface area (Å²) < 4.78 is 8.59. The summed E-state index contributed by atoms with van der Waals surface area (Å²) in [7, 11) is 0. The smallest absolute Gasteiger partial charge is 0.135 e. The quantitative estimate of drug-likeness (QED) is 0.172. The largest absolute Gasteiger partial charge is 0.456 e. The van der Waals surface area contributed by atoms with Gasteiger partial charge < -0.3 is 13.9 Å². The van der Waals surface area contributed by atoms with Crippen LogP contribution in [-0.2, 0) is 0 Å². The van der Waals surface area contributed by atoms with Gasteiger partial charge in [0, 0.05) is 44.3 Å². The maximum atomic E-state index is 6.20. The van der Waals surface area contributed by atoms with E-state index in [1.54, 1.807) is 0 Å². The van der Waals surface area contributed by atoms with Gasteiger partial charge in [-0.05, 0) is 112 Å². The number of fused-ring (bicyclic) bond motifs is 7. The molecule has 0 aliphatic rings. The normalized spacial score (nSPS) is 11.6. The Morgan fingerprint density at radius 2 is 0.855 bits per heavy atom. The molecule has 9 aromatic carbocycles. The number of nitrogens with zero attached hydrogens (tertiary/aromatic N) is 2. The van der Waals surface area contributed by atoms with Crippen LogP contribution in [0.25, 0.3) is 82.5 Å². The maximum absolute atomic E-state index is 6.20. The van der Waals surface area contributed by atoms with Gasteiger partial charge in [0.25, 0.3) is 0 Å². The molecule has 55 heavy (non-hydrogen) atoms. The second kappa shape index (κ2) is 12.6. The number of anilines is 3. The highest BCUT2D eigenvalue weighted by atomic mass is 16.3. The number of benzene rings is 9. The van der Waals surface area contributed by atoms with E-state index < -0.39 is 0 Å². The zero-order valence-electron chi connectivity index (χ0n) is 29.9. The van der Waals surface area contributed by atoms with Crippen LogP contribution in [0.3, 0.4) is 0 Å². The van der Waals surface area contributed by atoms with Crippen LogP contribution in [0, 0.1) is 0 Å². The lowest BCUT2D eigenvalue weighted by Crippen LogP contribution is -2.09. The maximum Gasteiger partial charge on any atom is 0.135 e. The molecule has 2 aromatic heterocycles. The molecule has 11 rings (SSSR count). The van der Waals surface area contributed by atoms with Crippen LogP contribution in [0.15, 0.2) is 211 Å². The molecule has 0 aliphatic heterocycles.